The van der Waals surface area contributed by atoms with E-state index in [1.54, 1.807) is 20.1 Å². The summed E-state index contributed by atoms with van der Waals surface area (Å²) in [5, 5.41) is 2.93. The zero-order chi connectivity index (χ0) is 17.6. The number of amides is 1. The Hall–Kier alpha value is -1.86. The van der Waals surface area contributed by atoms with E-state index in [2.05, 4.69) is 5.32 Å². The second-order valence-corrected chi connectivity index (χ2v) is 7.95. The van der Waals surface area contributed by atoms with Gasteiger partial charge in [-0.1, -0.05) is 12.1 Å². The van der Waals surface area contributed by atoms with Crippen LogP contribution in [0.1, 0.15) is 25.3 Å². The van der Waals surface area contributed by atoms with Crippen LogP contribution in [0.5, 0.6) is 5.75 Å². The van der Waals surface area contributed by atoms with Crippen LogP contribution < -0.4 is 10.1 Å². The van der Waals surface area contributed by atoms with Crippen LogP contribution in [0.25, 0.3) is 6.08 Å². The Kier molecular flexibility index (Phi) is 6.39. The van der Waals surface area contributed by atoms with E-state index in [0.29, 0.717) is 25.9 Å². The molecule has 0 aromatic heterocycles. The Balaban J connectivity index is 1.84. The molecule has 1 N–H and O–H groups in total. The molecule has 1 saturated heterocycles. The van der Waals surface area contributed by atoms with Crippen molar-refractivity contribution in [1.82, 2.24) is 9.62 Å². The number of rotatable bonds is 6. The molecule has 0 spiro atoms. The lowest BCUT2D eigenvalue weighted by atomic mass is 10.1. The van der Waals surface area contributed by atoms with E-state index in [-0.39, 0.29) is 17.7 Å². The van der Waals surface area contributed by atoms with Crippen molar-refractivity contribution in [3.8, 4) is 5.75 Å². The first-order chi connectivity index (χ1) is 11.4. The summed E-state index contributed by atoms with van der Waals surface area (Å²) in [4.78, 5) is 12.0. The molecule has 1 amide bonds. The molecule has 1 fully saturated rings. The summed E-state index contributed by atoms with van der Waals surface area (Å²) in [5.74, 6) is 0.685. The largest absolute Gasteiger partial charge is 0.497 e. The summed E-state index contributed by atoms with van der Waals surface area (Å²) in [5.41, 5.74) is 0.883. The summed E-state index contributed by atoms with van der Waals surface area (Å²) in [7, 11) is -1.53. The average molecular weight is 352 g/mol. The van der Waals surface area contributed by atoms with Crippen LogP contribution in [0.15, 0.2) is 30.3 Å². The van der Waals surface area contributed by atoms with E-state index >= 15 is 0 Å². The molecule has 0 bridgehead atoms. The number of hydrogen-bond donors (Lipinski definition) is 1. The molecular formula is C17H24N2O4S. The summed E-state index contributed by atoms with van der Waals surface area (Å²) >= 11 is 0. The number of hydrogen-bond acceptors (Lipinski definition) is 4. The molecule has 0 radical (unpaired) electrons. The second-order valence-electron chi connectivity index (χ2n) is 5.69. The molecule has 1 aromatic rings. The Morgan fingerprint density at radius 2 is 2.08 bits per heavy atom. The van der Waals surface area contributed by atoms with Crippen molar-refractivity contribution in [2.75, 3.05) is 26.0 Å². The lowest BCUT2D eigenvalue weighted by Gasteiger charge is -2.31. The fourth-order valence-electron chi connectivity index (χ4n) is 2.63. The summed E-state index contributed by atoms with van der Waals surface area (Å²) in [6.07, 6.45) is 4.49. The molecule has 1 aliphatic heterocycles. The molecule has 1 aromatic carbocycles. The van der Waals surface area contributed by atoms with Gasteiger partial charge in [0, 0.05) is 25.2 Å². The van der Waals surface area contributed by atoms with Crippen molar-refractivity contribution >= 4 is 22.0 Å². The van der Waals surface area contributed by atoms with Crippen molar-refractivity contribution in [2.24, 2.45) is 0 Å². The molecule has 2 rings (SSSR count). The van der Waals surface area contributed by atoms with E-state index in [0.717, 1.165) is 11.3 Å². The number of carbonyl (C=O) groups is 1. The molecule has 0 saturated carbocycles. The van der Waals surface area contributed by atoms with E-state index in [1.165, 1.54) is 10.4 Å². The standard InChI is InChI=1S/C17H24N2O4S/c1-3-24(21,22)19-11-9-15(10-12-19)18-17(20)8-7-14-5-4-6-16(13-14)23-2/h4-8,13,15H,3,9-12H2,1-2H3,(H,18,20). The van der Waals surface area contributed by atoms with Crippen LogP contribution >= 0.6 is 0 Å². The van der Waals surface area contributed by atoms with Crippen LogP contribution in [0.2, 0.25) is 0 Å². The quantitative estimate of drug-likeness (QED) is 0.790. The van der Waals surface area contributed by atoms with Crippen LogP contribution in [0, 0.1) is 0 Å². The van der Waals surface area contributed by atoms with Gasteiger partial charge in [0.2, 0.25) is 15.9 Å². The van der Waals surface area contributed by atoms with Crippen molar-refractivity contribution in [3.63, 3.8) is 0 Å². The predicted octanol–water partition coefficient (Wildman–Crippen LogP) is 1.64. The first kappa shape index (κ1) is 18.5. The highest BCUT2D eigenvalue weighted by atomic mass is 32.2. The van der Waals surface area contributed by atoms with Gasteiger partial charge >= 0.3 is 0 Å². The third-order valence-electron chi connectivity index (χ3n) is 4.08. The summed E-state index contributed by atoms with van der Waals surface area (Å²) < 4.78 is 30.3. The number of sulfonamides is 1. The first-order valence-corrected chi connectivity index (χ1v) is 9.66. The molecule has 132 valence electrons. The van der Waals surface area contributed by atoms with Crippen molar-refractivity contribution < 1.29 is 17.9 Å². The fourth-order valence-corrected chi connectivity index (χ4v) is 3.76. The van der Waals surface area contributed by atoms with Gasteiger partial charge in [-0.05, 0) is 43.5 Å². The maximum Gasteiger partial charge on any atom is 0.244 e. The minimum absolute atomic E-state index is 0.00997. The van der Waals surface area contributed by atoms with E-state index in [9.17, 15) is 13.2 Å². The molecule has 7 heteroatoms. The van der Waals surface area contributed by atoms with Crippen molar-refractivity contribution in [3.05, 3.63) is 35.9 Å². The highest BCUT2D eigenvalue weighted by molar-refractivity contribution is 7.89. The van der Waals surface area contributed by atoms with Gasteiger partial charge in [-0.3, -0.25) is 4.79 Å². The van der Waals surface area contributed by atoms with Gasteiger partial charge in [-0.2, -0.15) is 0 Å². The monoisotopic (exact) mass is 352 g/mol. The van der Waals surface area contributed by atoms with Crippen LogP contribution in [0.3, 0.4) is 0 Å². The van der Waals surface area contributed by atoms with Gasteiger partial charge in [-0.25, -0.2) is 12.7 Å². The topological polar surface area (TPSA) is 75.7 Å². The summed E-state index contributed by atoms with van der Waals surface area (Å²) in [6.45, 7) is 2.56. The molecule has 6 nitrogen and oxygen atoms in total. The number of carbonyl (C=O) groups excluding carboxylic acids is 1. The highest BCUT2D eigenvalue weighted by Gasteiger charge is 2.26. The Morgan fingerprint density at radius 3 is 2.71 bits per heavy atom. The Labute approximate surface area is 143 Å². The smallest absolute Gasteiger partial charge is 0.244 e. The van der Waals surface area contributed by atoms with E-state index in [4.69, 9.17) is 4.74 Å². The van der Waals surface area contributed by atoms with E-state index < -0.39 is 10.0 Å². The molecular weight excluding hydrogens is 328 g/mol. The van der Waals surface area contributed by atoms with Gasteiger partial charge in [-0.15, -0.1) is 0 Å². The highest BCUT2D eigenvalue weighted by Crippen LogP contribution is 2.15. The second kappa shape index (κ2) is 8.30. The maximum atomic E-state index is 12.0. The number of methoxy groups -OCH3 is 1. The lowest BCUT2D eigenvalue weighted by Crippen LogP contribution is -2.46. The van der Waals surface area contributed by atoms with Crippen LogP contribution in [0.4, 0.5) is 0 Å². The first-order valence-electron chi connectivity index (χ1n) is 8.05. The molecule has 1 heterocycles. The van der Waals surface area contributed by atoms with Gasteiger partial charge in [0.1, 0.15) is 5.75 Å². The zero-order valence-corrected chi connectivity index (χ0v) is 14.9. The maximum absolute atomic E-state index is 12.0. The van der Waals surface area contributed by atoms with Crippen molar-refractivity contribution in [1.29, 1.82) is 0 Å². The minimum atomic E-state index is -3.13. The third kappa shape index (κ3) is 5.07. The summed E-state index contributed by atoms with van der Waals surface area (Å²) in [6, 6.07) is 7.45. The van der Waals surface area contributed by atoms with E-state index in [1.807, 2.05) is 24.3 Å². The minimum Gasteiger partial charge on any atom is -0.497 e. The molecule has 0 aliphatic carbocycles. The van der Waals surface area contributed by atoms with Gasteiger partial charge in [0.05, 0.1) is 12.9 Å². The van der Waals surface area contributed by atoms with Crippen LogP contribution in [-0.2, 0) is 14.8 Å². The van der Waals surface area contributed by atoms with Crippen LogP contribution in [-0.4, -0.2) is 50.6 Å². The molecule has 0 unspecified atom stereocenters. The third-order valence-corrected chi connectivity index (χ3v) is 5.96. The number of ether oxygens (including phenoxy) is 1. The SMILES string of the molecule is CCS(=O)(=O)N1CCC(NC(=O)C=Cc2cccc(OC)c2)CC1. The lowest BCUT2D eigenvalue weighted by molar-refractivity contribution is -0.117. The number of nitrogens with zero attached hydrogens (tertiary/aromatic N) is 1. The van der Waals surface area contributed by atoms with Gasteiger partial charge in [0.15, 0.2) is 0 Å². The normalized spacial score (nSPS) is 17.1. The number of benzene rings is 1. The number of piperidine rings is 1. The molecule has 24 heavy (non-hydrogen) atoms. The molecule has 0 atom stereocenters. The zero-order valence-electron chi connectivity index (χ0n) is 14.1. The van der Waals surface area contributed by atoms with Gasteiger partial charge < -0.3 is 10.1 Å². The average Bonchev–Trinajstić information content (AvgIpc) is 2.60. The van der Waals surface area contributed by atoms with Crippen molar-refractivity contribution in [2.45, 2.75) is 25.8 Å². The van der Waals surface area contributed by atoms with Gasteiger partial charge in [0.25, 0.3) is 0 Å². The Morgan fingerprint density at radius 1 is 1.38 bits per heavy atom. The molecule has 1 aliphatic rings. The Bertz CT molecular complexity index is 692. The number of nitrogens with one attached hydrogen (secondary N) is 1. The predicted molar refractivity (Wildman–Crippen MR) is 94.2 cm³/mol. The fraction of sp³-hybridized carbons (Fsp3) is 0.471.